The topological polar surface area (TPSA) is 127 Å². The van der Waals surface area contributed by atoms with E-state index in [0.29, 0.717) is 17.6 Å². The molecule has 0 saturated heterocycles. The van der Waals surface area contributed by atoms with Crippen LogP contribution in [0.5, 0.6) is 11.5 Å². The van der Waals surface area contributed by atoms with Crippen LogP contribution >= 0.6 is 0 Å². The number of amides is 2. The summed E-state index contributed by atoms with van der Waals surface area (Å²) in [7, 11) is 3.08. The summed E-state index contributed by atoms with van der Waals surface area (Å²) in [5.74, 6) is -0.341. The molecule has 208 valence electrons. The number of rotatable bonds is 11. The highest BCUT2D eigenvalue weighted by atomic mass is 16.5. The number of aliphatic hydroxyl groups excluding tert-OH is 1. The molecule has 0 spiro atoms. The van der Waals surface area contributed by atoms with Gasteiger partial charge in [0.1, 0.15) is 17.1 Å². The van der Waals surface area contributed by atoms with Gasteiger partial charge in [-0.15, -0.1) is 0 Å². The first-order valence-electron chi connectivity index (χ1n) is 12.9. The number of hydrogen-bond donors (Lipinski definition) is 3. The first-order valence-corrected chi connectivity index (χ1v) is 12.9. The maximum Gasteiger partial charge on any atom is 0.287 e. The lowest BCUT2D eigenvalue weighted by Gasteiger charge is -2.24. The summed E-state index contributed by atoms with van der Waals surface area (Å²) in [5.41, 5.74) is 1.75. The molecule has 9 heteroatoms. The standard InChI is InChI=1S/C31H32N2O7/c1-19-27(34)24-14-13-23(39-3)18-26(24)40-29(19)31(37)33-25(17-21-7-5-4-6-8-21)28(35)30(36)32-16-15-20-9-11-22(38-2)12-10-20/h4-14,18,25,28,35H,15-17H2,1-3H3,(H,32,36)(H,33,37)/t25-,28+/m0/s1. The van der Waals surface area contributed by atoms with Crippen molar-refractivity contribution in [3.05, 3.63) is 105 Å². The highest BCUT2D eigenvalue weighted by Gasteiger charge is 2.30. The number of aliphatic hydroxyl groups is 1. The Balaban J connectivity index is 1.52. The van der Waals surface area contributed by atoms with Crippen LogP contribution in [-0.4, -0.2) is 49.8 Å². The van der Waals surface area contributed by atoms with Crippen LogP contribution in [0.2, 0.25) is 0 Å². The van der Waals surface area contributed by atoms with Crippen molar-refractivity contribution in [2.45, 2.75) is 31.9 Å². The van der Waals surface area contributed by atoms with Crippen molar-refractivity contribution in [2.75, 3.05) is 20.8 Å². The molecule has 0 unspecified atom stereocenters. The number of carbonyl (C=O) groups is 2. The predicted molar refractivity (Wildman–Crippen MR) is 151 cm³/mol. The molecule has 0 fully saturated rings. The lowest BCUT2D eigenvalue weighted by Crippen LogP contribution is -2.52. The number of carbonyl (C=O) groups excluding carboxylic acids is 2. The van der Waals surface area contributed by atoms with Crippen LogP contribution in [0, 0.1) is 6.92 Å². The summed E-state index contributed by atoms with van der Waals surface area (Å²) in [6, 6.07) is 20.4. The summed E-state index contributed by atoms with van der Waals surface area (Å²) in [6.07, 6.45) is -0.847. The van der Waals surface area contributed by atoms with Gasteiger partial charge < -0.3 is 29.6 Å². The van der Waals surface area contributed by atoms with E-state index in [9.17, 15) is 19.5 Å². The Morgan fingerprint density at radius 2 is 1.60 bits per heavy atom. The van der Waals surface area contributed by atoms with E-state index in [-0.39, 0.29) is 35.3 Å². The molecule has 3 aromatic carbocycles. The molecule has 3 N–H and O–H groups in total. The van der Waals surface area contributed by atoms with Gasteiger partial charge in [-0.05, 0) is 55.2 Å². The quantitative estimate of drug-likeness (QED) is 0.265. The third kappa shape index (κ3) is 6.68. The van der Waals surface area contributed by atoms with Crippen LogP contribution in [0.15, 0.2) is 82.0 Å². The third-order valence-electron chi connectivity index (χ3n) is 6.67. The lowest BCUT2D eigenvalue weighted by molar-refractivity contribution is -0.130. The molecule has 2 amide bonds. The van der Waals surface area contributed by atoms with Crippen molar-refractivity contribution in [2.24, 2.45) is 0 Å². The molecule has 1 heterocycles. The molecule has 9 nitrogen and oxygen atoms in total. The molecular weight excluding hydrogens is 512 g/mol. The Bertz CT molecular complexity index is 1530. The van der Waals surface area contributed by atoms with Crippen molar-refractivity contribution in [3.8, 4) is 11.5 Å². The molecule has 0 aliphatic heterocycles. The largest absolute Gasteiger partial charge is 0.497 e. The molecule has 2 atom stereocenters. The lowest BCUT2D eigenvalue weighted by atomic mass is 10.00. The second kappa shape index (κ2) is 12.9. The average Bonchev–Trinajstić information content (AvgIpc) is 2.98. The molecule has 4 aromatic rings. The van der Waals surface area contributed by atoms with Gasteiger partial charge in [0, 0.05) is 18.2 Å². The van der Waals surface area contributed by atoms with Crippen LogP contribution < -0.4 is 25.5 Å². The highest BCUT2D eigenvalue weighted by Crippen LogP contribution is 2.21. The number of methoxy groups -OCH3 is 2. The summed E-state index contributed by atoms with van der Waals surface area (Å²) in [6.45, 7) is 1.79. The van der Waals surface area contributed by atoms with E-state index < -0.39 is 24.0 Å². The van der Waals surface area contributed by atoms with Crippen LogP contribution in [-0.2, 0) is 17.6 Å². The Kier molecular flexibility index (Phi) is 9.19. The van der Waals surface area contributed by atoms with E-state index in [0.717, 1.165) is 16.9 Å². The van der Waals surface area contributed by atoms with Crippen LogP contribution in [0.3, 0.4) is 0 Å². The summed E-state index contributed by atoms with van der Waals surface area (Å²) >= 11 is 0. The molecular formula is C31H32N2O7. The van der Waals surface area contributed by atoms with Gasteiger partial charge in [-0.1, -0.05) is 42.5 Å². The zero-order chi connectivity index (χ0) is 28.6. The molecule has 0 bridgehead atoms. The molecule has 4 rings (SSSR count). The maximum atomic E-state index is 13.4. The second-order valence-electron chi connectivity index (χ2n) is 9.35. The number of hydrogen-bond acceptors (Lipinski definition) is 7. The van der Waals surface area contributed by atoms with Gasteiger partial charge in [-0.2, -0.15) is 0 Å². The molecule has 40 heavy (non-hydrogen) atoms. The van der Waals surface area contributed by atoms with Crippen LogP contribution in [0.4, 0.5) is 0 Å². The smallest absolute Gasteiger partial charge is 0.287 e. The first-order chi connectivity index (χ1) is 19.3. The van der Waals surface area contributed by atoms with Gasteiger partial charge in [-0.25, -0.2) is 0 Å². The molecule has 0 radical (unpaired) electrons. The minimum absolute atomic E-state index is 0.118. The van der Waals surface area contributed by atoms with E-state index in [4.69, 9.17) is 13.9 Å². The van der Waals surface area contributed by atoms with Gasteiger partial charge in [0.05, 0.1) is 25.6 Å². The Hall–Kier alpha value is -4.63. The van der Waals surface area contributed by atoms with E-state index >= 15 is 0 Å². The fourth-order valence-corrected chi connectivity index (χ4v) is 4.36. The van der Waals surface area contributed by atoms with Crippen molar-refractivity contribution in [1.29, 1.82) is 0 Å². The van der Waals surface area contributed by atoms with Crippen LogP contribution in [0.25, 0.3) is 11.0 Å². The van der Waals surface area contributed by atoms with E-state index in [1.807, 2.05) is 54.6 Å². The molecule has 1 aromatic heterocycles. The summed E-state index contributed by atoms with van der Waals surface area (Å²) in [5, 5.41) is 16.8. The van der Waals surface area contributed by atoms with Crippen molar-refractivity contribution in [1.82, 2.24) is 10.6 Å². The highest BCUT2D eigenvalue weighted by molar-refractivity contribution is 5.95. The van der Waals surface area contributed by atoms with Gasteiger partial charge in [0.25, 0.3) is 11.8 Å². The first kappa shape index (κ1) is 28.4. The van der Waals surface area contributed by atoms with E-state index in [2.05, 4.69) is 10.6 Å². The van der Waals surface area contributed by atoms with Gasteiger partial charge in [-0.3, -0.25) is 14.4 Å². The van der Waals surface area contributed by atoms with Gasteiger partial charge in [0.15, 0.2) is 17.3 Å². The minimum Gasteiger partial charge on any atom is -0.497 e. The minimum atomic E-state index is -1.56. The van der Waals surface area contributed by atoms with Crippen molar-refractivity contribution >= 4 is 22.8 Å². The van der Waals surface area contributed by atoms with Crippen LogP contribution in [0.1, 0.15) is 27.2 Å². The third-order valence-corrected chi connectivity index (χ3v) is 6.67. The normalized spacial score (nSPS) is 12.4. The number of ether oxygens (including phenoxy) is 2. The second-order valence-corrected chi connectivity index (χ2v) is 9.35. The average molecular weight is 545 g/mol. The number of nitrogens with one attached hydrogen (secondary N) is 2. The fraction of sp³-hybridized carbons (Fsp3) is 0.258. The van der Waals surface area contributed by atoms with Gasteiger partial charge >= 0.3 is 0 Å². The Morgan fingerprint density at radius 1 is 0.925 bits per heavy atom. The van der Waals surface area contributed by atoms with E-state index in [1.165, 1.54) is 20.1 Å². The summed E-state index contributed by atoms with van der Waals surface area (Å²) < 4.78 is 16.2. The zero-order valence-electron chi connectivity index (χ0n) is 22.6. The Labute approximate surface area is 231 Å². The molecule has 0 aliphatic carbocycles. The Morgan fingerprint density at radius 3 is 2.27 bits per heavy atom. The number of fused-ring (bicyclic) bond motifs is 1. The molecule has 0 saturated carbocycles. The van der Waals surface area contributed by atoms with Crippen molar-refractivity contribution in [3.63, 3.8) is 0 Å². The molecule has 0 aliphatic rings. The zero-order valence-corrected chi connectivity index (χ0v) is 22.6. The van der Waals surface area contributed by atoms with Gasteiger partial charge in [0.2, 0.25) is 0 Å². The van der Waals surface area contributed by atoms with E-state index in [1.54, 1.807) is 19.2 Å². The predicted octanol–water partition coefficient (Wildman–Crippen LogP) is 3.18. The number of benzene rings is 3. The van der Waals surface area contributed by atoms with Crippen molar-refractivity contribution < 1.29 is 28.6 Å². The maximum absolute atomic E-state index is 13.4. The SMILES string of the molecule is COc1ccc(CCNC(=O)[C@H](O)[C@H](Cc2ccccc2)NC(=O)c2oc3cc(OC)ccc3c(=O)c2C)cc1. The monoisotopic (exact) mass is 544 g/mol. The summed E-state index contributed by atoms with van der Waals surface area (Å²) in [4.78, 5) is 39.2. The fourth-order valence-electron chi connectivity index (χ4n) is 4.36.